The number of sulfone groups is 1. The van der Waals surface area contributed by atoms with E-state index in [0.29, 0.717) is 12.8 Å². The molecule has 0 radical (unpaired) electrons. The van der Waals surface area contributed by atoms with Crippen molar-refractivity contribution in [2.75, 3.05) is 11.5 Å². The minimum atomic E-state index is -3.04. The first-order chi connectivity index (χ1) is 8.96. The number of ether oxygens (including phenoxy) is 1. The minimum absolute atomic E-state index is 0.0352. The lowest BCUT2D eigenvalue weighted by atomic mass is 10.1. The van der Waals surface area contributed by atoms with Gasteiger partial charge in [-0.05, 0) is 30.9 Å². The molecule has 1 aliphatic heterocycles. The van der Waals surface area contributed by atoms with E-state index < -0.39 is 15.9 Å². The molecule has 1 aliphatic rings. The van der Waals surface area contributed by atoms with Crippen LogP contribution in [-0.2, 0) is 25.8 Å². The second-order valence-corrected chi connectivity index (χ2v) is 7.20. The van der Waals surface area contributed by atoms with E-state index in [1.54, 1.807) is 0 Å². The summed E-state index contributed by atoms with van der Waals surface area (Å²) in [6.07, 6.45) is 0.933. The van der Waals surface area contributed by atoms with Crippen molar-refractivity contribution < 1.29 is 17.9 Å². The summed E-state index contributed by atoms with van der Waals surface area (Å²) in [5, 5.41) is 0. The zero-order valence-electron chi connectivity index (χ0n) is 11.0. The molecule has 0 spiro atoms. The molecule has 19 heavy (non-hydrogen) atoms. The van der Waals surface area contributed by atoms with E-state index in [4.69, 9.17) is 4.74 Å². The summed E-state index contributed by atoms with van der Waals surface area (Å²) in [6.45, 7) is 1.94. The van der Waals surface area contributed by atoms with Crippen molar-refractivity contribution >= 4 is 15.8 Å². The lowest BCUT2D eigenvalue weighted by Crippen LogP contribution is -2.33. The molecule has 0 aromatic heterocycles. The van der Waals surface area contributed by atoms with Gasteiger partial charge in [0.05, 0.1) is 17.9 Å². The highest BCUT2D eigenvalue weighted by molar-refractivity contribution is 7.91. The van der Waals surface area contributed by atoms with Gasteiger partial charge in [-0.25, -0.2) is 8.42 Å². The summed E-state index contributed by atoms with van der Waals surface area (Å²) < 4.78 is 28.2. The Bertz CT molecular complexity index is 563. The van der Waals surface area contributed by atoms with Crippen LogP contribution in [0.5, 0.6) is 0 Å². The Hall–Kier alpha value is -1.36. The number of aryl methyl sites for hydroxylation is 1. The molecule has 104 valence electrons. The van der Waals surface area contributed by atoms with E-state index in [9.17, 15) is 13.2 Å². The first kappa shape index (κ1) is 14.1. The van der Waals surface area contributed by atoms with Gasteiger partial charge in [0.1, 0.15) is 6.10 Å². The van der Waals surface area contributed by atoms with Crippen LogP contribution < -0.4 is 0 Å². The molecule has 0 bridgehead atoms. The van der Waals surface area contributed by atoms with Crippen molar-refractivity contribution in [3.8, 4) is 0 Å². The molecule has 4 nitrogen and oxygen atoms in total. The Morgan fingerprint density at radius 2 is 2.11 bits per heavy atom. The number of carbonyl (C=O) groups excluding carboxylic acids is 1. The van der Waals surface area contributed by atoms with Crippen LogP contribution in [0.1, 0.15) is 24.0 Å². The van der Waals surface area contributed by atoms with E-state index in [0.717, 1.165) is 11.1 Å². The van der Waals surface area contributed by atoms with Crippen molar-refractivity contribution in [1.29, 1.82) is 0 Å². The fourth-order valence-electron chi connectivity index (χ4n) is 2.27. The van der Waals surface area contributed by atoms with E-state index in [-0.39, 0.29) is 23.9 Å². The number of carbonyl (C=O) groups is 1. The average molecular weight is 282 g/mol. The second-order valence-electron chi connectivity index (χ2n) is 4.97. The SMILES string of the molecule is Cc1ccccc1CC(=O)O[C@@H]1CCCS(=O)(=O)C1. The molecule has 2 rings (SSSR count). The molecule has 0 amide bonds. The predicted molar refractivity (Wildman–Crippen MR) is 72.7 cm³/mol. The van der Waals surface area contributed by atoms with Gasteiger partial charge in [0.25, 0.3) is 0 Å². The van der Waals surface area contributed by atoms with Gasteiger partial charge in [-0.1, -0.05) is 24.3 Å². The first-order valence-corrected chi connectivity index (χ1v) is 8.23. The van der Waals surface area contributed by atoms with Gasteiger partial charge >= 0.3 is 5.97 Å². The van der Waals surface area contributed by atoms with Crippen LogP contribution >= 0.6 is 0 Å². The Morgan fingerprint density at radius 1 is 1.37 bits per heavy atom. The van der Waals surface area contributed by atoms with Crippen molar-refractivity contribution in [2.24, 2.45) is 0 Å². The second kappa shape index (κ2) is 5.74. The summed E-state index contributed by atoms with van der Waals surface area (Å²) in [7, 11) is -3.04. The van der Waals surface area contributed by atoms with Crippen LogP contribution in [0.25, 0.3) is 0 Å². The lowest BCUT2D eigenvalue weighted by Gasteiger charge is -2.22. The van der Waals surface area contributed by atoms with Crippen LogP contribution in [0.15, 0.2) is 24.3 Å². The number of hydrogen-bond acceptors (Lipinski definition) is 4. The van der Waals surface area contributed by atoms with Crippen molar-refractivity contribution in [3.05, 3.63) is 35.4 Å². The maximum Gasteiger partial charge on any atom is 0.310 e. The highest BCUT2D eigenvalue weighted by atomic mass is 32.2. The summed E-state index contributed by atoms with van der Waals surface area (Å²) in [4.78, 5) is 11.8. The zero-order chi connectivity index (χ0) is 13.9. The zero-order valence-corrected chi connectivity index (χ0v) is 11.8. The smallest absolute Gasteiger partial charge is 0.310 e. The molecule has 5 heteroatoms. The molecule has 0 unspecified atom stereocenters. The summed E-state index contributed by atoms with van der Waals surface area (Å²) >= 11 is 0. The standard InChI is InChI=1S/C14H18O4S/c1-11-5-2-3-6-12(11)9-14(15)18-13-7-4-8-19(16,17)10-13/h2-3,5-6,13H,4,7-10H2,1H3/t13-/m1/s1. The van der Waals surface area contributed by atoms with E-state index in [1.807, 2.05) is 31.2 Å². The monoisotopic (exact) mass is 282 g/mol. The van der Waals surface area contributed by atoms with Gasteiger partial charge in [0, 0.05) is 0 Å². The van der Waals surface area contributed by atoms with Gasteiger partial charge in [0.15, 0.2) is 9.84 Å². The summed E-state index contributed by atoms with van der Waals surface area (Å²) in [5.41, 5.74) is 1.96. The highest BCUT2D eigenvalue weighted by Crippen LogP contribution is 2.16. The largest absolute Gasteiger partial charge is 0.461 e. The fraction of sp³-hybridized carbons (Fsp3) is 0.500. The van der Waals surface area contributed by atoms with Crippen molar-refractivity contribution in [3.63, 3.8) is 0 Å². The van der Waals surface area contributed by atoms with E-state index >= 15 is 0 Å². The van der Waals surface area contributed by atoms with Crippen LogP contribution in [0, 0.1) is 6.92 Å². The quantitative estimate of drug-likeness (QED) is 0.791. The Balaban J connectivity index is 1.93. The minimum Gasteiger partial charge on any atom is -0.461 e. The molecule has 0 N–H and O–H groups in total. The van der Waals surface area contributed by atoms with Crippen LogP contribution in [-0.4, -0.2) is 32.0 Å². The van der Waals surface area contributed by atoms with Crippen molar-refractivity contribution in [2.45, 2.75) is 32.3 Å². The highest BCUT2D eigenvalue weighted by Gasteiger charge is 2.27. The fourth-order valence-corrected chi connectivity index (χ4v) is 3.84. The van der Waals surface area contributed by atoms with Crippen LogP contribution in [0.3, 0.4) is 0 Å². The van der Waals surface area contributed by atoms with Crippen LogP contribution in [0.2, 0.25) is 0 Å². The van der Waals surface area contributed by atoms with Gasteiger partial charge in [-0.3, -0.25) is 4.79 Å². The normalized spacial score (nSPS) is 21.8. The molecule has 1 heterocycles. The molecular formula is C14H18O4S. The van der Waals surface area contributed by atoms with Gasteiger partial charge in [0.2, 0.25) is 0 Å². The lowest BCUT2D eigenvalue weighted by molar-refractivity contribution is -0.147. The maximum atomic E-state index is 11.8. The summed E-state index contributed by atoms with van der Waals surface area (Å²) in [6, 6.07) is 7.61. The Morgan fingerprint density at radius 3 is 2.79 bits per heavy atom. The molecular weight excluding hydrogens is 264 g/mol. The molecule has 0 aliphatic carbocycles. The maximum absolute atomic E-state index is 11.8. The van der Waals surface area contributed by atoms with Crippen molar-refractivity contribution in [1.82, 2.24) is 0 Å². The van der Waals surface area contributed by atoms with Gasteiger partial charge < -0.3 is 4.74 Å². The molecule has 1 atom stereocenters. The number of benzene rings is 1. The van der Waals surface area contributed by atoms with E-state index in [1.165, 1.54) is 0 Å². The van der Waals surface area contributed by atoms with Gasteiger partial charge in [-0.2, -0.15) is 0 Å². The third-order valence-electron chi connectivity index (χ3n) is 3.32. The number of hydrogen-bond donors (Lipinski definition) is 0. The first-order valence-electron chi connectivity index (χ1n) is 6.41. The summed E-state index contributed by atoms with van der Waals surface area (Å²) in [5.74, 6) is -0.179. The molecule has 1 aromatic rings. The average Bonchev–Trinajstić information content (AvgIpc) is 2.30. The van der Waals surface area contributed by atoms with Gasteiger partial charge in [-0.15, -0.1) is 0 Å². The Kier molecular flexibility index (Phi) is 4.24. The molecule has 0 saturated carbocycles. The third kappa shape index (κ3) is 4.06. The number of esters is 1. The van der Waals surface area contributed by atoms with Crippen LogP contribution in [0.4, 0.5) is 0 Å². The third-order valence-corrected chi connectivity index (χ3v) is 5.11. The van der Waals surface area contributed by atoms with E-state index in [2.05, 4.69) is 0 Å². The molecule has 1 saturated heterocycles. The Labute approximate surface area is 113 Å². The molecule has 1 fully saturated rings. The molecule has 1 aromatic carbocycles. The predicted octanol–water partition coefficient (Wildman–Crippen LogP) is 1.66. The topological polar surface area (TPSA) is 60.4 Å². The number of rotatable bonds is 3.